The Hall–Kier alpha value is -3.33. The molecule has 1 aromatic heterocycles. The van der Waals surface area contributed by atoms with Gasteiger partial charge in [0.25, 0.3) is 5.91 Å². The van der Waals surface area contributed by atoms with E-state index in [1.807, 2.05) is 42.5 Å². The number of H-pyrrole nitrogens is 1. The molecule has 1 atom stereocenters. The van der Waals surface area contributed by atoms with E-state index in [-0.39, 0.29) is 69.9 Å². The summed E-state index contributed by atoms with van der Waals surface area (Å²) in [5, 5.41) is 5.29. The fourth-order valence-corrected chi connectivity index (χ4v) is 6.31. The van der Waals surface area contributed by atoms with Gasteiger partial charge in [-0.25, -0.2) is 4.57 Å². The molecule has 2 heterocycles. The van der Waals surface area contributed by atoms with Crippen molar-refractivity contribution in [2.75, 3.05) is 23.3 Å². The topological polar surface area (TPSA) is 132 Å². The number of phosphoric ester groups is 1. The minimum Gasteiger partial charge on any atom is -0.415 e. The predicted octanol–water partition coefficient (Wildman–Crippen LogP) is 7.07. The molecule has 0 fully saturated rings. The first kappa shape index (κ1) is 34.5. The van der Waals surface area contributed by atoms with Crippen molar-refractivity contribution < 1.29 is 61.2 Å². The van der Waals surface area contributed by atoms with Crippen LogP contribution in [0.5, 0.6) is 5.75 Å². The summed E-state index contributed by atoms with van der Waals surface area (Å²) in [5.74, 6) is -0.207. The Bertz CT molecular complexity index is 1920. The summed E-state index contributed by atoms with van der Waals surface area (Å²) in [4.78, 5) is 50.8. The Morgan fingerprint density at radius 2 is 1.76 bits per heavy atom. The van der Waals surface area contributed by atoms with Gasteiger partial charge in [-0.15, -0.1) is 6.54 Å². The number of fused-ring (bicyclic) bond motifs is 4. The van der Waals surface area contributed by atoms with Crippen LogP contribution >= 0.6 is 7.82 Å². The normalized spacial score (nSPS) is 14.0. The predicted molar refractivity (Wildman–Crippen MR) is 174 cm³/mol. The maximum absolute atomic E-state index is 13.9. The number of ketones is 1. The number of aromatic amines is 1. The van der Waals surface area contributed by atoms with Gasteiger partial charge in [0.2, 0.25) is 0 Å². The summed E-state index contributed by atoms with van der Waals surface area (Å²) in [7, 11) is -4.84. The second-order valence-electron chi connectivity index (χ2n) is 10.7. The first-order chi connectivity index (χ1) is 20.6. The average Bonchev–Trinajstić information content (AvgIpc) is 3.58. The summed E-state index contributed by atoms with van der Waals surface area (Å²) in [6.45, 7) is 6.79. The third-order valence-corrected chi connectivity index (χ3v) is 8.33. The van der Waals surface area contributed by atoms with Crippen molar-refractivity contribution in [3.8, 4) is 5.75 Å². The Morgan fingerprint density at radius 1 is 1.04 bits per heavy atom. The second kappa shape index (κ2) is 14.0. The summed E-state index contributed by atoms with van der Waals surface area (Å²) in [6.07, 6.45) is 0.998. The molecule has 231 valence electrons. The second-order valence-corrected chi connectivity index (χ2v) is 11.8. The van der Waals surface area contributed by atoms with E-state index in [2.05, 4.69) is 24.1 Å². The molecule has 0 bridgehead atoms. The van der Waals surface area contributed by atoms with Gasteiger partial charge in [-0.05, 0) is 65.4 Å². The Kier molecular flexibility index (Phi) is 10.7. The number of amides is 1. The van der Waals surface area contributed by atoms with E-state index < -0.39 is 7.82 Å². The number of nitrogens with one attached hydrogen (secondary N) is 2. The van der Waals surface area contributed by atoms with Crippen LogP contribution in [0.1, 0.15) is 51.2 Å². The first-order valence-corrected chi connectivity index (χ1v) is 15.6. The molecule has 0 unspecified atom stereocenters. The minimum atomic E-state index is -4.84. The average molecular weight is 701 g/mol. The van der Waals surface area contributed by atoms with E-state index in [1.165, 1.54) is 0 Å². The van der Waals surface area contributed by atoms with Crippen LogP contribution in [0.15, 0.2) is 78.9 Å². The van der Waals surface area contributed by atoms with Gasteiger partial charge >= 0.3 is 7.82 Å². The quantitative estimate of drug-likeness (QED) is 0.0735. The number of hydrogen-bond acceptors (Lipinski definition) is 5. The third kappa shape index (κ3) is 7.08. The fourth-order valence-electron chi connectivity index (χ4n) is 5.90. The molecular weight excluding hydrogens is 666 g/mol. The molecule has 1 aliphatic heterocycles. The van der Waals surface area contributed by atoms with Gasteiger partial charge < -0.3 is 34.1 Å². The Balaban J connectivity index is 0.00000230. The van der Waals surface area contributed by atoms with Gasteiger partial charge in [0.1, 0.15) is 11.4 Å². The van der Waals surface area contributed by atoms with Crippen molar-refractivity contribution in [2.24, 2.45) is 0 Å². The molecule has 1 radical (unpaired) electrons. The van der Waals surface area contributed by atoms with E-state index >= 15 is 0 Å². The number of rotatable bonds is 9. The fraction of sp³-hybridized carbons (Fsp3) is 0.176. The van der Waals surface area contributed by atoms with E-state index in [0.29, 0.717) is 35.4 Å². The zero-order chi connectivity index (χ0) is 30.3. The molecule has 0 saturated carbocycles. The molecule has 4 N–H and O–H groups in total. The molecule has 0 aliphatic carbocycles. The first-order valence-electron chi connectivity index (χ1n) is 14.1. The minimum absolute atomic E-state index is 0. The molecular formula is C34H34N3O6PY-2. The third-order valence-electron chi connectivity index (χ3n) is 7.90. The number of benzene rings is 4. The van der Waals surface area contributed by atoms with Crippen LogP contribution in [0.4, 0.5) is 11.4 Å². The van der Waals surface area contributed by atoms with Gasteiger partial charge in [-0.3, -0.25) is 19.4 Å². The number of phosphoric acid groups is 1. The molecule has 9 nitrogen and oxygen atoms in total. The van der Waals surface area contributed by atoms with Crippen molar-refractivity contribution in [1.82, 2.24) is 4.98 Å². The zero-order valence-electron chi connectivity index (χ0n) is 25.1. The monoisotopic (exact) mass is 700 g/mol. The van der Waals surface area contributed by atoms with E-state index in [1.54, 1.807) is 41.3 Å². The van der Waals surface area contributed by atoms with Crippen molar-refractivity contribution >= 4 is 52.6 Å². The van der Waals surface area contributed by atoms with Crippen LogP contribution in [0.25, 0.3) is 21.7 Å². The summed E-state index contributed by atoms with van der Waals surface area (Å²) >= 11 is 0. The van der Waals surface area contributed by atoms with Crippen LogP contribution in [-0.4, -0.2) is 39.6 Å². The van der Waals surface area contributed by atoms with E-state index in [9.17, 15) is 23.9 Å². The number of nitrogens with zero attached hydrogens (tertiary/aromatic N) is 1. The molecule has 0 spiro atoms. The largest absolute Gasteiger partial charge is 0.524 e. The molecule has 1 aliphatic rings. The molecule has 4 aromatic carbocycles. The van der Waals surface area contributed by atoms with Gasteiger partial charge in [0.15, 0.2) is 5.78 Å². The summed E-state index contributed by atoms with van der Waals surface area (Å²) in [5.41, 5.74) is 5.02. The SMILES string of the molecule is [CH2-]CNc1ccc(C(=O)Cc2ccc3[nH]c(C(=O)N4C[C@@H](CC)c5c4cc(OP(=O)(O)O)c4ccccc54)cc3c2)cc1.[CH3-].[Y]. The van der Waals surface area contributed by atoms with Crippen molar-refractivity contribution in [3.63, 3.8) is 0 Å². The van der Waals surface area contributed by atoms with Gasteiger partial charge in [0.05, 0.1) is 5.69 Å². The van der Waals surface area contributed by atoms with Crippen LogP contribution in [0, 0.1) is 14.4 Å². The number of Topliss-reactive ketones (excluding diaryl/α,β-unsaturated/α-hetero) is 1. The van der Waals surface area contributed by atoms with Crippen LogP contribution in [0.2, 0.25) is 0 Å². The molecule has 45 heavy (non-hydrogen) atoms. The van der Waals surface area contributed by atoms with E-state index in [0.717, 1.165) is 39.5 Å². The summed E-state index contributed by atoms with van der Waals surface area (Å²) in [6, 6.07) is 23.6. The maximum Gasteiger partial charge on any atom is 0.524 e. The van der Waals surface area contributed by atoms with Crippen molar-refractivity contribution in [3.05, 3.63) is 116 Å². The number of carbonyl (C=O) groups is 2. The van der Waals surface area contributed by atoms with Crippen LogP contribution < -0.4 is 14.7 Å². The number of carbonyl (C=O) groups excluding carboxylic acids is 2. The molecule has 0 saturated heterocycles. The smallest absolute Gasteiger partial charge is 0.415 e. The molecule has 6 rings (SSSR count). The number of aromatic nitrogens is 1. The number of anilines is 2. The molecule has 1 amide bonds. The number of hydrogen-bond donors (Lipinski definition) is 4. The van der Waals surface area contributed by atoms with Crippen molar-refractivity contribution in [2.45, 2.75) is 25.7 Å². The van der Waals surface area contributed by atoms with Gasteiger partial charge in [0, 0.05) is 85.2 Å². The molecule has 5 aromatic rings. The Labute approximate surface area is 287 Å². The molecule has 11 heteroatoms. The van der Waals surface area contributed by atoms with Gasteiger partial charge in [-0.1, -0.05) is 37.3 Å². The van der Waals surface area contributed by atoms with Crippen LogP contribution in [0.3, 0.4) is 0 Å². The summed E-state index contributed by atoms with van der Waals surface area (Å²) < 4.78 is 16.8. The Morgan fingerprint density at radius 3 is 2.42 bits per heavy atom. The van der Waals surface area contributed by atoms with Crippen molar-refractivity contribution in [1.29, 1.82) is 0 Å². The van der Waals surface area contributed by atoms with Crippen LogP contribution in [-0.2, 0) is 43.7 Å². The maximum atomic E-state index is 13.9. The van der Waals surface area contributed by atoms with Gasteiger partial charge in [-0.2, -0.15) is 0 Å². The standard InChI is InChI=1S/C33H31N3O6P.CH3.Y/c1-3-21-19-36(29-18-31(42-43(39,40)41)25-7-5-6-8-26(25)32(21)29)33(38)28-17-23-15-20(9-14-27(23)35-28)16-30(37)22-10-12-24(13-11-22)34-4-2;;/h5-15,17-18,21,34-35H,2-4,16,19H2,1H3,(H2,39,40,41);1H3;/q2*-1;/t21-;;/m1../s1. The van der Waals surface area contributed by atoms with E-state index in [4.69, 9.17) is 4.52 Å². The zero-order valence-corrected chi connectivity index (χ0v) is 28.9.